The van der Waals surface area contributed by atoms with E-state index in [2.05, 4.69) is 10.3 Å². The van der Waals surface area contributed by atoms with Crippen molar-refractivity contribution in [1.29, 1.82) is 0 Å². The van der Waals surface area contributed by atoms with Gasteiger partial charge in [-0.25, -0.2) is 9.36 Å². The molecule has 1 unspecified atom stereocenters. The predicted octanol–water partition coefficient (Wildman–Crippen LogP) is -3.19. The molecule has 0 amide bonds. The average molecular weight is 438 g/mol. The molecule has 8 N–H and O–H groups in total. The molecule has 0 saturated carbocycles. The zero-order valence-corrected chi connectivity index (χ0v) is 16.0. The van der Waals surface area contributed by atoms with Crippen LogP contribution in [0.25, 0.3) is 0 Å². The Balaban J connectivity index is 0.000000537. The number of aliphatic hydroxyl groups is 2. The monoisotopic (exact) mass is 438 g/mol. The number of nitrogens with one attached hydrogen (secondary N) is 1. The molecule has 2 saturated heterocycles. The number of nitrogens with zero attached hydrogens (tertiary/aromatic N) is 2. The first-order chi connectivity index (χ1) is 13.5. The lowest BCUT2D eigenvalue weighted by Gasteiger charge is -2.17. The zero-order chi connectivity index (χ0) is 21.8. The molecular formula is C14H23N4O10P. The fourth-order valence-electron chi connectivity index (χ4n) is 2.87. The number of aromatic nitrogens is 2. The second-order valence-electron chi connectivity index (χ2n) is 6.38. The number of carbonyl (C=O) groups is 1. The van der Waals surface area contributed by atoms with Gasteiger partial charge in [-0.15, -0.1) is 0 Å². The molecule has 3 heterocycles. The number of aliphatic hydroxyl groups excluding tert-OH is 2. The Bertz CT molecular complexity index is 800. The second-order valence-corrected chi connectivity index (χ2v) is 7.41. The van der Waals surface area contributed by atoms with Crippen LogP contribution in [-0.4, -0.2) is 77.9 Å². The third-order valence-corrected chi connectivity index (χ3v) is 4.20. The topological polar surface area (TPSA) is 227 Å². The number of phosphoric acid groups is 1. The highest BCUT2D eigenvalue weighted by molar-refractivity contribution is 7.45. The minimum absolute atomic E-state index is 0.0406. The van der Waals surface area contributed by atoms with E-state index in [4.69, 9.17) is 34.5 Å². The molecule has 0 spiro atoms. The minimum atomic E-state index is -4.64. The number of hydrogen-bond acceptors (Lipinski definition) is 10. The van der Waals surface area contributed by atoms with E-state index in [1.54, 1.807) is 0 Å². The summed E-state index contributed by atoms with van der Waals surface area (Å²) in [6.07, 6.45) is -1.82. The average Bonchev–Trinajstić information content (AvgIpc) is 3.23. The van der Waals surface area contributed by atoms with E-state index in [-0.39, 0.29) is 18.5 Å². The summed E-state index contributed by atoms with van der Waals surface area (Å²) in [7, 11) is -4.64. The van der Waals surface area contributed by atoms with Crippen molar-refractivity contribution in [3.05, 3.63) is 22.7 Å². The van der Waals surface area contributed by atoms with Gasteiger partial charge in [0.25, 0.3) is 0 Å². The van der Waals surface area contributed by atoms with Gasteiger partial charge in [-0.1, -0.05) is 0 Å². The summed E-state index contributed by atoms with van der Waals surface area (Å²) in [5.41, 5.74) is 4.71. The summed E-state index contributed by atoms with van der Waals surface area (Å²) in [4.78, 5) is 48.8. The molecule has 0 aromatic carbocycles. The van der Waals surface area contributed by atoms with Crippen LogP contribution in [0.15, 0.2) is 17.1 Å². The van der Waals surface area contributed by atoms with Gasteiger partial charge in [0.2, 0.25) is 0 Å². The van der Waals surface area contributed by atoms with Crippen molar-refractivity contribution in [2.45, 2.75) is 43.4 Å². The molecule has 2 aliphatic heterocycles. The highest BCUT2D eigenvalue weighted by Gasteiger charge is 2.45. The first-order valence-electron chi connectivity index (χ1n) is 8.52. The molecule has 0 radical (unpaired) electrons. The van der Waals surface area contributed by atoms with E-state index < -0.39 is 44.0 Å². The summed E-state index contributed by atoms with van der Waals surface area (Å²) >= 11 is 0. The van der Waals surface area contributed by atoms with Crippen LogP contribution in [0.5, 0.6) is 0 Å². The molecular weight excluding hydrogens is 415 g/mol. The maximum Gasteiger partial charge on any atom is 0.466 e. The van der Waals surface area contributed by atoms with Crippen molar-refractivity contribution >= 4 is 19.6 Å². The van der Waals surface area contributed by atoms with Crippen LogP contribution >= 0.6 is 7.82 Å². The third kappa shape index (κ3) is 6.83. The maximum absolute atomic E-state index is 11.9. The summed E-state index contributed by atoms with van der Waals surface area (Å²) < 4.78 is 20.5. The van der Waals surface area contributed by atoms with Gasteiger partial charge >= 0.3 is 19.5 Å². The largest absolute Gasteiger partial charge is 0.466 e. The molecule has 14 nitrogen and oxygen atoms in total. The van der Waals surface area contributed by atoms with Gasteiger partial charge in [0.1, 0.15) is 36.8 Å². The van der Waals surface area contributed by atoms with Crippen molar-refractivity contribution in [2.24, 2.45) is 0 Å². The van der Waals surface area contributed by atoms with Gasteiger partial charge in [-0.2, -0.15) is 4.98 Å². The molecule has 0 bridgehead atoms. The molecule has 2 fully saturated rings. The molecule has 29 heavy (non-hydrogen) atoms. The lowest BCUT2D eigenvalue weighted by Crippen LogP contribution is -2.38. The molecule has 2 aliphatic rings. The minimum Gasteiger partial charge on any atom is -0.462 e. The third-order valence-electron chi connectivity index (χ3n) is 4.20. The van der Waals surface area contributed by atoms with Crippen molar-refractivity contribution < 1.29 is 43.7 Å². The maximum atomic E-state index is 11.9. The van der Waals surface area contributed by atoms with Gasteiger partial charge in [-0.3, -0.25) is 9.36 Å². The Morgan fingerprint density at radius 3 is 2.59 bits per heavy atom. The Kier molecular flexibility index (Phi) is 7.85. The van der Waals surface area contributed by atoms with Crippen LogP contribution < -0.4 is 16.7 Å². The Labute approximate surface area is 164 Å². The fraction of sp³-hybridized carbons (Fsp3) is 0.643. The SMILES string of the molecule is Nc1ccn([C@@H]2O[C@H](COC(=O)C3CCCN3)[C@@H](O)[C@@H]2O)c(=O)n1.O=P(O)(O)O. The van der Waals surface area contributed by atoms with E-state index in [0.717, 1.165) is 17.5 Å². The summed E-state index contributed by atoms with van der Waals surface area (Å²) in [6.45, 7) is 0.541. The van der Waals surface area contributed by atoms with Crippen LogP contribution in [0.1, 0.15) is 19.1 Å². The number of anilines is 1. The van der Waals surface area contributed by atoms with Crippen LogP contribution in [0, 0.1) is 0 Å². The predicted molar refractivity (Wildman–Crippen MR) is 95.1 cm³/mol. The molecule has 1 aromatic heterocycles. The first-order valence-corrected chi connectivity index (χ1v) is 10.1. The molecule has 15 heteroatoms. The van der Waals surface area contributed by atoms with E-state index >= 15 is 0 Å². The van der Waals surface area contributed by atoms with Crippen LogP contribution in [-0.2, 0) is 18.8 Å². The van der Waals surface area contributed by atoms with Crippen molar-refractivity contribution in [3.8, 4) is 0 Å². The molecule has 164 valence electrons. The quantitative estimate of drug-likeness (QED) is 0.182. The molecule has 3 rings (SSSR count). The Morgan fingerprint density at radius 1 is 1.38 bits per heavy atom. The highest BCUT2D eigenvalue weighted by atomic mass is 31.2. The number of nitrogen functional groups attached to an aromatic ring is 1. The first kappa shape index (κ1) is 23.4. The number of ether oxygens (including phenoxy) is 2. The normalized spacial score (nSPS) is 29.2. The van der Waals surface area contributed by atoms with Gasteiger partial charge in [0, 0.05) is 6.20 Å². The number of rotatable bonds is 4. The summed E-state index contributed by atoms with van der Waals surface area (Å²) in [5.74, 6) is -0.383. The van der Waals surface area contributed by atoms with Crippen molar-refractivity contribution in [3.63, 3.8) is 0 Å². The fourth-order valence-corrected chi connectivity index (χ4v) is 2.87. The smallest absolute Gasteiger partial charge is 0.462 e. The highest BCUT2D eigenvalue weighted by Crippen LogP contribution is 2.28. The molecule has 1 aromatic rings. The summed E-state index contributed by atoms with van der Waals surface area (Å²) in [6, 6.07) is 1.02. The lowest BCUT2D eigenvalue weighted by atomic mass is 10.1. The Hall–Kier alpha value is -1.90. The summed E-state index contributed by atoms with van der Waals surface area (Å²) in [5, 5.41) is 23.2. The molecule has 5 atom stereocenters. The van der Waals surface area contributed by atoms with Gasteiger partial charge in [0.15, 0.2) is 6.23 Å². The number of hydrogen-bond donors (Lipinski definition) is 7. The van der Waals surface area contributed by atoms with Gasteiger partial charge in [-0.05, 0) is 25.5 Å². The number of nitrogens with two attached hydrogens (primary N) is 1. The van der Waals surface area contributed by atoms with E-state index in [1.807, 2.05) is 0 Å². The van der Waals surface area contributed by atoms with E-state index in [0.29, 0.717) is 6.42 Å². The van der Waals surface area contributed by atoms with Crippen molar-refractivity contribution in [1.82, 2.24) is 14.9 Å². The lowest BCUT2D eigenvalue weighted by molar-refractivity contribution is -0.152. The second kappa shape index (κ2) is 9.73. The standard InChI is InChI=1S/C14H20N4O6.H3O4P/c15-9-3-5-18(14(22)17-9)12-11(20)10(19)8(24-12)6-23-13(21)7-2-1-4-16-7;1-5(2,3)4/h3,5,7-8,10-12,16,19-20H,1-2,4,6H2,(H2,15,17,22);(H3,1,2,3,4)/t7?,8-,10-,11+,12-;/m1./s1. The van der Waals surface area contributed by atoms with Crippen LogP contribution in [0.2, 0.25) is 0 Å². The van der Waals surface area contributed by atoms with Crippen molar-refractivity contribution in [2.75, 3.05) is 18.9 Å². The van der Waals surface area contributed by atoms with E-state index in [1.165, 1.54) is 12.3 Å². The van der Waals surface area contributed by atoms with Gasteiger partial charge in [0.05, 0.1) is 0 Å². The molecule has 0 aliphatic carbocycles. The van der Waals surface area contributed by atoms with Crippen LogP contribution in [0.3, 0.4) is 0 Å². The Morgan fingerprint density at radius 2 is 2.03 bits per heavy atom. The van der Waals surface area contributed by atoms with Crippen LogP contribution in [0.4, 0.5) is 5.82 Å². The number of esters is 1. The van der Waals surface area contributed by atoms with Gasteiger partial charge < -0.3 is 45.4 Å². The zero-order valence-electron chi connectivity index (χ0n) is 15.1. The number of carbonyl (C=O) groups excluding carboxylic acids is 1. The van der Waals surface area contributed by atoms with E-state index in [9.17, 15) is 19.8 Å².